The molecule has 0 amide bonds. The number of hydrogen-bond acceptors (Lipinski definition) is 2. The van der Waals surface area contributed by atoms with Crippen LogP contribution in [0.15, 0.2) is 18.2 Å². The van der Waals surface area contributed by atoms with Gasteiger partial charge < -0.3 is 5.73 Å². The van der Waals surface area contributed by atoms with Crippen molar-refractivity contribution < 1.29 is 4.39 Å². The summed E-state index contributed by atoms with van der Waals surface area (Å²) in [4.78, 5) is 0. The van der Waals surface area contributed by atoms with Gasteiger partial charge in [-0.2, -0.15) is 5.26 Å². The van der Waals surface area contributed by atoms with Gasteiger partial charge in [-0.1, -0.05) is 12.1 Å². The Hall–Kier alpha value is -1.40. The van der Waals surface area contributed by atoms with Gasteiger partial charge in [-0.05, 0) is 30.5 Å². The van der Waals surface area contributed by atoms with E-state index in [1.807, 2.05) is 0 Å². The molecule has 0 saturated heterocycles. The highest BCUT2D eigenvalue weighted by atomic mass is 19.1. The average molecular weight is 192 g/mol. The molecule has 1 atom stereocenters. The summed E-state index contributed by atoms with van der Waals surface area (Å²) in [5, 5.41) is 8.60. The maximum Gasteiger partial charge on any atom is 0.126 e. The topological polar surface area (TPSA) is 49.8 Å². The molecule has 0 aliphatic carbocycles. The largest absolute Gasteiger partial charge is 0.326 e. The number of nitrogens with zero attached hydrogens (tertiary/aromatic N) is 1. The van der Waals surface area contributed by atoms with Crippen molar-refractivity contribution in [3.63, 3.8) is 0 Å². The maximum absolute atomic E-state index is 13.4. The Labute approximate surface area is 83.2 Å². The van der Waals surface area contributed by atoms with Gasteiger partial charge in [0.2, 0.25) is 0 Å². The molecule has 0 spiro atoms. The van der Waals surface area contributed by atoms with Crippen LogP contribution in [0, 0.1) is 23.1 Å². The molecule has 0 heterocycles. The van der Waals surface area contributed by atoms with Crippen LogP contribution < -0.4 is 5.73 Å². The SMILES string of the molecule is CC(C#N)Cc1ccc(CN)cc1F. The van der Waals surface area contributed by atoms with Crippen LogP contribution in [0.2, 0.25) is 0 Å². The van der Waals surface area contributed by atoms with Crippen LogP contribution in [0.5, 0.6) is 0 Å². The fourth-order valence-electron chi connectivity index (χ4n) is 1.26. The van der Waals surface area contributed by atoms with Gasteiger partial charge >= 0.3 is 0 Å². The first-order valence-corrected chi connectivity index (χ1v) is 4.54. The summed E-state index contributed by atoms with van der Waals surface area (Å²) in [7, 11) is 0. The van der Waals surface area contributed by atoms with E-state index in [4.69, 9.17) is 11.0 Å². The zero-order chi connectivity index (χ0) is 10.6. The number of nitriles is 1. The van der Waals surface area contributed by atoms with E-state index in [-0.39, 0.29) is 11.7 Å². The Kier molecular flexibility index (Phi) is 3.61. The molecule has 1 unspecified atom stereocenters. The van der Waals surface area contributed by atoms with Crippen LogP contribution in [0.4, 0.5) is 4.39 Å². The first-order valence-electron chi connectivity index (χ1n) is 4.54. The smallest absolute Gasteiger partial charge is 0.126 e. The number of nitrogens with two attached hydrogens (primary N) is 1. The van der Waals surface area contributed by atoms with Crippen molar-refractivity contribution in [3.8, 4) is 6.07 Å². The summed E-state index contributed by atoms with van der Waals surface area (Å²) in [6.45, 7) is 2.11. The molecule has 0 fully saturated rings. The quantitative estimate of drug-likeness (QED) is 0.796. The molecule has 0 aliphatic rings. The molecule has 0 aliphatic heterocycles. The fraction of sp³-hybridized carbons (Fsp3) is 0.364. The maximum atomic E-state index is 13.4. The van der Waals surface area contributed by atoms with Crippen molar-refractivity contribution in [3.05, 3.63) is 35.1 Å². The Morgan fingerprint density at radius 2 is 2.29 bits per heavy atom. The van der Waals surface area contributed by atoms with Gasteiger partial charge in [0.1, 0.15) is 5.82 Å². The van der Waals surface area contributed by atoms with E-state index in [1.165, 1.54) is 6.07 Å². The van der Waals surface area contributed by atoms with E-state index >= 15 is 0 Å². The number of hydrogen-bond donors (Lipinski definition) is 1. The number of rotatable bonds is 3. The first-order chi connectivity index (χ1) is 6.67. The summed E-state index contributed by atoms with van der Waals surface area (Å²) >= 11 is 0. The van der Waals surface area contributed by atoms with Crippen LogP contribution >= 0.6 is 0 Å². The van der Waals surface area contributed by atoms with Crippen LogP contribution in [0.25, 0.3) is 0 Å². The summed E-state index contributed by atoms with van der Waals surface area (Å²) in [6, 6.07) is 7.00. The lowest BCUT2D eigenvalue weighted by atomic mass is 10.0. The van der Waals surface area contributed by atoms with Crippen molar-refractivity contribution in [2.45, 2.75) is 19.9 Å². The molecular formula is C11H13FN2. The van der Waals surface area contributed by atoms with E-state index in [2.05, 4.69) is 6.07 Å². The number of halogens is 1. The molecule has 74 valence electrons. The van der Waals surface area contributed by atoms with E-state index in [0.717, 1.165) is 5.56 Å². The molecule has 1 aromatic carbocycles. The second-order valence-corrected chi connectivity index (χ2v) is 3.36. The Balaban J connectivity index is 2.85. The van der Waals surface area contributed by atoms with Crippen LogP contribution in [-0.2, 0) is 13.0 Å². The Bertz CT molecular complexity index is 355. The molecule has 0 aromatic heterocycles. The van der Waals surface area contributed by atoms with E-state index in [0.29, 0.717) is 18.5 Å². The molecule has 0 radical (unpaired) electrons. The summed E-state index contributed by atoms with van der Waals surface area (Å²) < 4.78 is 13.4. The number of benzene rings is 1. The van der Waals surface area contributed by atoms with E-state index < -0.39 is 0 Å². The Morgan fingerprint density at radius 1 is 1.57 bits per heavy atom. The minimum absolute atomic E-state index is 0.159. The highest BCUT2D eigenvalue weighted by Crippen LogP contribution is 2.14. The Morgan fingerprint density at radius 3 is 2.79 bits per heavy atom. The lowest BCUT2D eigenvalue weighted by molar-refractivity contribution is 0.592. The molecule has 1 rings (SSSR count). The standard InChI is InChI=1S/C11H13FN2/c1-8(6-13)4-10-3-2-9(7-14)5-11(10)12/h2-3,5,8H,4,7,14H2,1H3. The van der Waals surface area contributed by atoms with Gasteiger partial charge in [-0.15, -0.1) is 0 Å². The third kappa shape index (κ3) is 2.54. The van der Waals surface area contributed by atoms with Gasteiger partial charge in [0.15, 0.2) is 0 Å². The van der Waals surface area contributed by atoms with Gasteiger partial charge in [0.05, 0.1) is 6.07 Å². The molecule has 3 heteroatoms. The fourth-order valence-corrected chi connectivity index (χ4v) is 1.26. The van der Waals surface area contributed by atoms with Crippen molar-refractivity contribution in [2.24, 2.45) is 11.7 Å². The summed E-state index contributed by atoms with van der Waals surface area (Å²) in [5.41, 5.74) is 6.73. The highest BCUT2D eigenvalue weighted by Gasteiger charge is 2.07. The average Bonchev–Trinajstić information content (AvgIpc) is 2.20. The predicted molar refractivity (Wildman–Crippen MR) is 52.8 cm³/mol. The van der Waals surface area contributed by atoms with Crippen LogP contribution in [0.1, 0.15) is 18.1 Å². The minimum Gasteiger partial charge on any atom is -0.326 e. The van der Waals surface area contributed by atoms with Crippen molar-refractivity contribution >= 4 is 0 Å². The van der Waals surface area contributed by atoms with Crippen molar-refractivity contribution in [1.82, 2.24) is 0 Å². The predicted octanol–water partition coefficient (Wildman–Crippen LogP) is 1.99. The third-order valence-electron chi connectivity index (χ3n) is 2.10. The first kappa shape index (κ1) is 10.7. The van der Waals surface area contributed by atoms with E-state index in [1.54, 1.807) is 19.1 Å². The van der Waals surface area contributed by atoms with Gasteiger partial charge in [0.25, 0.3) is 0 Å². The van der Waals surface area contributed by atoms with Crippen molar-refractivity contribution in [1.29, 1.82) is 5.26 Å². The lowest BCUT2D eigenvalue weighted by Gasteiger charge is -2.05. The van der Waals surface area contributed by atoms with Crippen molar-refractivity contribution in [2.75, 3.05) is 0 Å². The van der Waals surface area contributed by atoms with Gasteiger partial charge in [-0.3, -0.25) is 0 Å². The molecule has 2 nitrogen and oxygen atoms in total. The molecular weight excluding hydrogens is 179 g/mol. The second kappa shape index (κ2) is 4.73. The molecule has 14 heavy (non-hydrogen) atoms. The molecule has 1 aromatic rings. The minimum atomic E-state index is -0.268. The summed E-state index contributed by atoms with van der Waals surface area (Å²) in [6.07, 6.45) is 0.452. The van der Waals surface area contributed by atoms with Crippen LogP contribution in [0.3, 0.4) is 0 Å². The summed E-state index contributed by atoms with van der Waals surface area (Å²) in [5.74, 6) is -0.428. The molecule has 0 saturated carbocycles. The lowest BCUT2D eigenvalue weighted by Crippen LogP contribution is -2.02. The normalized spacial score (nSPS) is 12.1. The van der Waals surface area contributed by atoms with Gasteiger partial charge in [0, 0.05) is 12.5 Å². The highest BCUT2D eigenvalue weighted by molar-refractivity contribution is 5.25. The third-order valence-corrected chi connectivity index (χ3v) is 2.10. The second-order valence-electron chi connectivity index (χ2n) is 3.36. The van der Waals surface area contributed by atoms with E-state index in [9.17, 15) is 4.39 Å². The zero-order valence-electron chi connectivity index (χ0n) is 8.13. The monoisotopic (exact) mass is 192 g/mol. The zero-order valence-corrected chi connectivity index (χ0v) is 8.13. The van der Waals surface area contributed by atoms with Gasteiger partial charge in [-0.25, -0.2) is 4.39 Å². The molecule has 0 bridgehead atoms. The molecule has 2 N–H and O–H groups in total. The van der Waals surface area contributed by atoms with Crippen LogP contribution in [-0.4, -0.2) is 0 Å².